The average molecular weight is 638 g/mol. The molecular formula is C43H75NO2. The molecule has 0 radical (unpaired) electrons. The van der Waals surface area contributed by atoms with Crippen molar-refractivity contribution in [1.29, 1.82) is 0 Å². The minimum atomic E-state index is -0.00368. The molecular weight excluding hydrogens is 562 g/mol. The first-order chi connectivity index (χ1) is 22.6. The highest BCUT2D eigenvalue weighted by atomic mass is 16.5. The summed E-state index contributed by atoms with van der Waals surface area (Å²) in [5, 5.41) is 0. The highest BCUT2D eigenvalue weighted by Crippen LogP contribution is 2.18. The molecule has 0 rings (SSSR count). The van der Waals surface area contributed by atoms with Crippen LogP contribution >= 0.6 is 0 Å². The van der Waals surface area contributed by atoms with Crippen LogP contribution in [0.5, 0.6) is 0 Å². The van der Waals surface area contributed by atoms with E-state index in [1.807, 2.05) is 0 Å². The number of nitrogens with zero attached hydrogens (tertiary/aromatic N) is 1. The lowest BCUT2D eigenvalue weighted by molar-refractivity contribution is -0.150. The van der Waals surface area contributed by atoms with E-state index in [0.717, 1.165) is 57.9 Å². The van der Waals surface area contributed by atoms with E-state index in [1.54, 1.807) is 0 Å². The Hall–Kier alpha value is -1.89. The Bertz CT molecular complexity index is 843. The number of esters is 1. The summed E-state index contributed by atoms with van der Waals surface area (Å²) >= 11 is 0. The lowest BCUT2D eigenvalue weighted by Crippen LogP contribution is -2.20. The second kappa shape index (κ2) is 37.6. The molecule has 0 aliphatic heterocycles. The average Bonchev–Trinajstić information content (AvgIpc) is 3.04. The highest BCUT2D eigenvalue weighted by Gasteiger charge is 2.14. The van der Waals surface area contributed by atoms with Crippen LogP contribution in [0.4, 0.5) is 0 Å². The third kappa shape index (κ3) is 36.6. The van der Waals surface area contributed by atoms with Gasteiger partial charge in [0.1, 0.15) is 6.10 Å². The van der Waals surface area contributed by atoms with Gasteiger partial charge in [0, 0.05) is 19.3 Å². The summed E-state index contributed by atoms with van der Waals surface area (Å²) in [6, 6.07) is 0. The molecule has 0 saturated heterocycles. The van der Waals surface area contributed by atoms with Gasteiger partial charge in [-0.15, -0.1) is 11.8 Å². The standard InChI is InChI=1S/C43H75NO2/c1-5-7-9-11-13-15-17-19-21-23-25-27-29-31-33-35-38-42(46-43(45)40-37-41-44(3)4)39-36-34-32-30-28-26-24-22-20-18-16-14-12-10-8-6-2/h42H,5-9,11,13-15,17,19-21,23,25-41H2,1-4H3. The molecule has 0 aromatic heterocycles. The largest absolute Gasteiger partial charge is 0.462 e. The van der Waals surface area contributed by atoms with Crippen molar-refractivity contribution in [3.05, 3.63) is 0 Å². The molecule has 0 bridgehead atoms. The topological polar surface area (TPSA) is 29.5 Å². The fourth-order valence-electron chi connectivity index (χ4n) is 5.72. The van der Waals surface area contributed by atoms with Crippen molar-refractivity contribution in [3.63, 3.8) is 0 Å². The van der Waals surface area contributed by atoms with Crippen LogP contribution in [-0.2, 0) is 9.53 Å². The molecule has 1 unspecified atom stereocenters. The molecule has 0 aromatic rings. The van der Waals surface area contributed by atoms with Crippen LogP contribution in [0.15, 0.2) is 0 Å². The lowest BCUT2D eigenvalue weighted by atomic mass is 10.0. The predicted octanol–water partition coefficient (Wildman–Crippen LogP) is 12.2. The molecule has 46 heavy (non-hydrogen) atoms. The smallest absolute Gasteiger partial charge is 0.306 e. The molecule has 0 saturated carbocycles. The lowest BCUT2D eigenvalue weighted by Gasteiger charge is -2.18. The van der Waals surface area contributed by atoms with Crippen molar-refractivity contribution in [2.45, 2.75) is 213 Å². The Morgan fingerprint density at radius 2 is 0.913 bits per heavy atom. The molecule has 3 heteroatoms. The molecule has 0 N–H and O–H groups in total. The Morgan fingerprint density at radius 3 is 1.37 bits per heavy atom. The molecule has 0 heterocycles. The predicted molar refractivity (Wildman–Crippen MR) is 202 cm³/mol. The van der Waals surface area contributed by atoms with Crippen molar-refractivity contribution >= 4 is 5.97 Å². The first-order valence-corrected chi connectivity index (χ1v) is 19.8. The van der Waals surface area contributed by atoms with Crippen LogP contribution in [0.2, 0.25) is 0 Å². The minimum Gasteiger partial charge on any atom is -0.462 e. The van der Waals surface area contributed by atoms with Gasteiger partial charge in [-0.3, -0.25) is 4.79 Å². The van der Waals surface area contributed by atoms with Crippen molar-refractivity contribution in [2.75, 3.05) is 20.6 Å². The van der Waals surface area contributed by atoms with Gasteiger partial charge in [0.2, 0.25) is 0 Å². The third-order valence-corrected chi connectivity index (χ3v) is 8.60. The van der Waals surface area contributed by atoms with Crippen LogP contribution in [0.25, 0.3) is 0 Å². The van der Waals surface area contributed by atoms with Gasteiger partial charge in [0.25, 0.3) is 0 Å². The van der Waals surface area contributed by atoms with Crippen LogP contribution in [-0.4, -0.2) is 37.6 Å². The summed E-state index contributed by atoms with van der Waals surface area (Å²) in [7, 11) is 4.11. The van der Waals surface area contributed by atoms with Gasteiger partial charge in [-0.05, 0) is 65.6 Å². The number of rotatable bonds is 30. The molecule has 0 fully saturated rings. The quantitative estimate of drug-likeness (QED) is 0.0446. The number of unbranched alkanes of at least 4 members (excludes halogenated alkanes) is 21. The van der Waals surface area contributed by atoms with E-state index < -0.39 is 0 Å². The third-order valence-electron chi connectivity index (χ3n) is 8.60. The minimum absolute atomic E-state index is 0.00368. The van der Waals surface area contributed by atoms with Gasteiger partial charge in [-0.2, -0.15) is 0 Å². The van der Waals surface area contributed by atoms with Gasteiger partial charge < -0.3 is 9.64 Å². The van der Waals surface area contributed by atoms with E-state index in [2.05, 4.69) is 68.4 Å². The molecule has 264 valence electrons. The molecule has 0 amide bonds. The van der Waals surface area contributed by atoms with Crippen molar-refractivity contribution in [1.82, 2.24) is 4.90 Å². The zero-order valence-corrected chi connectivity index (χ0v) is 31.3. The first kappa shape index (κ1) is 44.1. The zero-order valence-electron chi connectivity index (χ0n) is 31.3. The maximum atomic E-state index is 12.5. The number of hydrogen-bond acceptors (Lipinski definition) is 3. The normalized spacial score (nSPS) is 11.2. The molecule has 1 atom stereocenters. The van der Waals surface area contributed by atoms with E-state index in [-0.39, 0.29) is 12.1 Å². The van der Waals surface area contributed by atoms with E-state index in [4.69, 9.17) is 4.74 Å². The summed E-state index contributed by atoms with van der Waals surface area (Å²) in [4.78, 5) is 14.6. The Morgan fingerprint density at radius 1 is 0.500 bits per heavy atom. The Kier molecular flexibility index (Phi) is 36.0. The highest BCUT2D eigenvalue weighted by molar-refractivity contribution is 5.69. The van der Waals surface area contributed by atoms with Crippen LogP contribution in [0.3, 0.4) is 0 Å². The van der Waals surface area contributed by atoms with E-state index in [1.165, 1.54) is 122 Å². The van der Waals surface area contributed by atoms with Gasteiger partial charge in [0.05, 0.1) is 12.8 Å². The van der Waals surface area contributed by atoms with E-state index in [9.17, 15) is 4.79 Å². The maximum absolute atomic E-state index is 12.5. The molecule has 0 aromatic carbocycles. The van der Waals surface area contributed by atoms with Crippen molar-refractivity contribution in [2.24, 2.45) is 0 Å². The summed E-state index contributed by atoms with van der Waals surface area (Å²) in [6.07, 6.45) is 36.1. The fourth-order valence-corrected chi connectivity index (χ4v) is 5.72. The summed E-state index contributed by atoms with van der Waals surface area (Å²) in [6.45, 7) is 5.37. The van der Waals surface area contributed by atoms with Crippen LogP contribution < -0.4 is 0 Å². The summed E-state index contributed by atoms with van der Waals surface area (Å²) in [5.74, 6) is 18.8. The molecule has 0 aliphatic carbocycles. The van der Waals surface area contributed by atoms with E-state index in [0.29, 0.717) is 19.3 Å². The SMILES string of the molecule is CCCC#CCC#CCC#CCCCCCCCC(CCCCCCCCCCCCCCCCCC)OC(=O)CCCN(C)C. The molecule has 0 spiro atoms. The van der Waals surface area contributed by atoms with Crippen LogP contribution in [0.1, 0.15) is 206 Å². The second-order valence-electron chi connectivity index (χ2n) is 13.6. The first-order valence-electron chi connectivity index (χ1n) is 19.8. The van der Waals surface area contributed by atoms with Crippen molar-refractivity contribution in [3.8, 4) is 35.5 Å². The Balaban J connectivity index is 4.00. The zero-order chi connectivity index (χ0) is 33.6. The molecule has 3 nitrogen and oxygen atoms in total. The maximum Gasteiger partial charge on any atom is 0.306 e. The summed E-state index contributed by atoms with van der Waals surface area (Å²) in [5.41, 5.74) is 0. The second-order valence-corrected chi connectivity index (χ2v) is 13.6. The van der Waals surface area contributed by atoms with Crippen molar-refractivity contribution < 1.29 is 9.53 Å². The number of carbonyl (C=O) groups excluding carboxylic acids is 1. The summed E-state index contributed by atoms with van der Waals surface area (Å²) < 4.78 is 5.99. The number of ether oxygens (including phenoxy) is 1. The fraction of sp³-hybridized carbons (Fsp3) is 0.837. The number of hydrogen-bond donors (Lipinski definition) is 0. The number of carbonyl (C=O) groups is 1. The van der Waals surface area contributed by atoms with Gasteiger partial charge in [0.15, 0.2) is 0 Å². The molecule has 0 aliphatic rings. The van der Waals surface area contributed by atoms with Gasteiger partial charge >= 0.3 is 5.97 Å². The van der Waals surface area contributed by atoms with Gasteiger partial charge in [-0.25, -0.2) is 0 Å². The van der Waals surface area contributed by atoms with Gasteiger partial charge in [-0.1, -0.05) is 153 Å². The van der Waals surface area contributed by atoms with E-state index >= 15 is 0 Å². The monoisotopic (exact) mass is 638 g/mol. The Labute approximate surface area is 288 Å². The van der Waals surface area contributed by atoms with Crippen LogP contribution in [0, 0.1) is 35.5 Å².